The third-order valence-corrected chi connectivity index (χ3v) is 2.07. The van der Waals surface area contributed by atoms with E-state index in [1.165, 1.54) is 5.56 Å². The highest BCUT2D eigenvalue weighted by Crippen LogP contribution is 2.17. The second-order valence-corrected chi connectivity index (χ2v) is 3.23. The summed E-state index contributed by atoms with van der Waals surface area (Å²) in [5, 5.41) is 0. The third kappa shape index (κ3) is 1.47. The monoisotopic (exact) mass is 172 g/mol. The molecule has 0 unspecified atom stereocenters. The van der Waals surface area contributed by atoms with Crippen molar-refractivity contribution in [1.82, 2.24) is 9.55 Å². The predicted molar refractivity (Wildman–Crippen MR) is 53.4 cm³/mol. The van der Waals surface area contributed by atoms with Crippen LogP contribution in [0, 0.1) is 6.92 Å². The van der Waals surface area contributed by atoms with E-state index < -0.39 is 0 Å². The van der Waals surface area contributed by atoms with Crippen LogP contribution in [0.1, 0.15) is 5.56 Å². The number of aryl methyl sites for hydroxylation is 2. The van der Waals surface area contributed by atoms with E-state index >= 15 is 0 Å². The van der Waals surface area contributed by atoms with E-state index in [0.29, 0.717) is 0 Å². The molecular formula is C11H12N2. The Labute approximate surface area is 77.9 Å². The first-order chi connectivity index (χ1) is 6.27. The summed E-state index contributed by atoms with van der Waals surface area (Å²) in [7, 11) is 2.04. The van der Waals surface area contributed by atoms with E-state index in [1.807, 2.05) is 31.4 Å². The maximum Gasteiger partial charge on any atom is 0.0866 e. The van der Waals surface area contributed by atoms with Crippen molar-refractivity contribution in [2.45, 2.75) is 6.92 Å². The van der Waals surface area contributed by atoms with Gasteiger partial charge in [-0.25, -0.2) is 0 Å². The molecule has 0 aliphatic carbocycles. The van der Waals surface area contributed by atoms with Gasteiger partial charge in [-0.3, -0.25) is 4.98 Å². The Morgan fingerprint density at radius 1 is 1.31 bits per heavy atom. The number of hydrogen-bond donors (Lipinski definition) is 0. The Kier molecular flexibility index (Phi) is 1.89. The summed E-state index contributed by atoms with van der Waals surface area (Å²) in [6.45, 7) is 2.09. The van der Waals surface area contributed by atoms with Gasteiger partial charge in [0.15, 0.2) is 0 Å². The molecule has 13 heavy (non-hydrogen) atoms. The summed E-state index contributed by atoms with van der Waals surface area (Å²) in [6, 6.07) is 8.10. The van der Waals surface area contributed by atoms with Crippen molar-refractivity contribution in [3.63, 3.8) is 0 Å². The summed E-state index contributed by atoms with van der Waals surface area (Å²) in [5.41, 5.74) is 3.46. The molecule has 0 aliphatic rings. The van der Waals surface area contributed by atoms with Crippen LogP contribution in [0.5, 0.6) is 0 Å². The molecule has 0 aromatic carbocycles. The highest BCUT2D eigenvalue weighted by Gasteiger charge is 2.02. The van der Waals surface area contributed by atoms with Gasteiger partial charge in [-0.2, -0.15) is 0 Å². The van der Waals surface area contributed by atoms with Gasteiger partial charge in [-0.1, -0.05) is 6.07 Å². The van der Waals surface area contributed by atoms with Crippen LogP contribution in [0.2, 0.25) is 0 Å². The molecule has 2 heteroatoms. The highest BCUT2D eigenvalue weighted by molar-refractivity contribution is 5.56. The summed E-state index contributed by atoms with van der Waals surface area (Å²) in [6.07, 6.45) is 3.92. The van der Waals surface area contributed by atoms with E-state index in [0.717, 1.165) is 11.4 Å². The van der Waals surface area contributed by atoms with Crippen molar-refractivity contribution in [1.29, 1.82) is 0 Å². The summed E-state index contributed by atoms with van der Waals surface area (Å²) >= 11 is 0. The zero-order valence-corrected chi connectivity index (χ0v) is 7.86. The van der Waals surface area contributed by atoms with Gasteiger partial charge in [0, 0.05) is 19.4 Å². The van der Waals surface area contributed by atoms with Crippen molar-refractivity contribution in [3.05, 3.63) is 42.2 Å². The SMILES string of the molecule is Cc1cc(-c2ccccn2)n(C)c1. The van der Waals surface area contributed by atoms with Crippen LogP contribution >= 0.6 is 0 Å². The first-order valence-electron chi connectivity index (χ1n) is 4.32. The molecule has 0 N–H and O–H groups in total. The molecule has 0 spiro atoms. The largest absolute Gasteiger partial charge is 0.349 e. The first kappa shape index (κ1) is 8.05. The van der Waals surface area contributed by atoms with Crippen molar-refractivity contribution < 1.29 is 0 Å². The number of hydrogen-bond acceptors (Lipinski definition) is 1. The van der Waals surface area contributed by atoms with Crippen molar-refractivity contribution in [2.75, 3.05) is 0 Å². The lowest BCUT2D eigenvalue weighted by molar-refractivity contribution is 0.927. The van der Waals surface area contributed by atoms with Crippen LogP contribution in [0.25, 0.3) is 11.4 Å². The minimum atomic E-state index is 1.03. The standard InChI is InChI=1S/C11H12N2/c1-9-7-11(13(2)8-9)10-5-3-4-6-12-10/h3-8H,1-2H3. The molecule has 0 saturated carbocycles. The summed E-state index contributed by atoms with van der Waals surface area (Å²) in [5.74, 6) is 0. The molecule has 2 nitrogen and oxygen atoms in total. The van der Waals surface area contributed by atoms with Gasteiger partial charge in [0.2, 0.25) is 0 Å². The van der Waals surface area contributed by atoms with E-state index in [9.17, 15) is 0 Å². The summed E-state index contributed by atoms with van der Waals surface area (Å²) in [4.78, 5) is 4.30. The fourth-order valence-electron chi connectivity index (χ4n) is 1.50. The molecule has 66 valence electrons. The van der Waals surface area contributed by atoms with Gasteiger partial charge in [-0.05, 0) is 30.7 Å². The molecule has 0 saturated heterocycles. The van der Waals surface area contributed by atoms with Gasteiger partial charge in [0.1, 0.15) is 0 Å². The van der Waals surface area contributed by atoms with Crippen LogP contribution in [0.3, 0.4) is 0 Å². The molecule has 2 rings (SSSR count). The van der Waals surface area contributed by atoms with Crippen molar-refractivity contribution >= 4 is 0 Å². The molecule has 0 radical (unpaired) electrons. The molecule has 0 atom stereocenters. The quantitative estimate of drug-likeness (QED) is 0.645. The Morgan fingerprint density at radius 2 is 2.15 bits per heavy atom. The van der Waals surface area contributed by atoms with Gasteiger partial charge >= 0.3 is 0 Å². The molecule has 2 aromatic rings. The number of pyridine rings is 1. The number of nitrogens with zero attached hydrogens (tertiary/aromatic N) is 2. The molecule has 0 bridgehead atoms. The second-order valence-electron chi connectivity index (χ2n) is 3.23. The average Bonchev–Trinajstić information content (AvgIpc) is 2.47. The molecule has 2 aromatic heterocycles. The van der Waals surface area contributed by atoms with E-state index in [4.69, 9.17) is 0 Å². The van der Waals surface area contributed by atoms with Crippen LogP contribution < -0.4 is 0 Å². The second kappa shape index (κ2) is 3.05. The topological polar surface area (TPSA) is 17.8 Å². The minimum absolute atomic E-state index is 1.03. The van der Waals surface area contributed by atoms with Gasteiger partial charge in [0.05, 0.1) is 11.4 Å². The Balaban J connectivity index is 2.53. The highest BCUT2D eigenvalue weighted by atomic mass is 14.9. The maximum absolute atomic E-state index is 4.30. The zero-order valence-electron chi connectivity index (χ0n) is 7.86. The first-order valence-corrected chi connectivity index (χ1v) is 4.32. The van der Waals surface area contributed by atoms with Crippen LogP contribution in [0.15, 0.2) is 36.7 Å². The lowest BCUT2D eigenvalue weighted by Crippen LogP contribution is -1.90. The van der Waals surface area contributed by atoms with Crippen LogP contribution in [-0.2, 0) is 7.05 Å². The maximum atomic E-state index is 4.30. The number of aromatic nitrogens is 2. The third-order valence-electron chi connectivity index (χ3n) is 2.07. The normalized spacial score (nSPS) is 10.3. The van der Waals surface area contributed by atoms with Crippen molar-refractivity contribution in [2.24, 2.45) is 7.05 Å². The van der Waals surface area contributed by atoms with Crippen LogP contribution in [0.4, 0.5) is 0 Å². The minimum Gasteiger partial charge on any atom is -0.349 e. The van der Waals surface area contributed by atoms with Gasteiger partial charge < -0.3 is 4.57 Å². The summed E-state index contributed by atoms with van der Waals surface area (Å²) < 4.78 is 2.09. The molecular weight excluding hydrogens is 160 g/mol. The van der Waals surface area contributed by atoms with Crippen LogP contribution in [-0.4, -0.2) is 9.55 Å². The zero-order chi connectivity index (χ0) is 9.26. The average molecular weight is 172 g/mol. The Hall–Kier alpha value is -1.57. The van der Waals surface area contributed by atoms with Gasteiger partial charge in [0.25, 0.3) is 0 Å². The smallest absolute Gasteiger partial charge is 0.0866 e. The fourth-order valence-corrected chi connectivity index (χ4v) is 1.50. The Bertz CT molecular complexity index is 401. The van der Waals surface area contributed by atoms with Gasteiger partial charge in [-0.15, -0.1) is 0 Å². The molecule has 2 heterocycles. The Morgan fingerprint density at radius 3 is 2.69 bits per heavy atom. The molecule has 0 fully saturated rings. The van der Waals surface area contributed by atoms with E-state index in [-0.39, 0.29) is 0 Å². The van der Waals surface area contributed by atoms with E-state index in [1.54, 1.807) is 0 Å². The lowest BCUT2D eigenvalue weighted by atomic mass is 10.2. The van der Waals surface area contributed by atoms with Crippen molar-refractivity contribution in [3.8, 4) is 11.4 Å². The molecule has 0 amide bonds. The number of rotatable bonds is 1. The van der Waals surface area contributed by atoms with E-state index in [2.05, 4.69) is 28.7 Å². The molecule has 0 aliphatic heterocycles. The lowest BCUT2D eigenvalue weighted by Gasteiger charge is -2.00. The fraction of sp³-hybridized carbons (Fsp3) is 0.182. The predicted octanol–water partition coefficient (Wildman–Crippen LogP) is 2.40.